The van der Waals surface area contributed by atoms with E-state index in [1.165, 1.54) is 19.3 Å². The lowest BCUT2D eigenvalue weighted by Gasteiger charge is -2.27. The van der Waals surface area contributed by atoms with E-state index in [2.05, 4.69) is 0 Å². The lowest BCUT2D eigenvalue weighted by Crippen LogP contribution is -2.38. The molecule has 0 aliphatic heterocycles. The van der Waals surface area contributed by atoms with Gasteiger partial charge in [0.2, 0.25) is 5.91 Å². The highest BCUT2D eigenvalue weighted by molar-refractivity contribution is 5.78. The third-order valence-corrected chi connectivity index (χ3v) is 3.02. The molecule has 0 heterocycles. The lowest BCUT2D eigenvalue weighted by atomic mass is 9.88. The van der Waals surface area contributed by atoms with Gasteiger partial charge in [-0.3, -0.25) is 4.79 Å². The van der Waals surface area contributed by atoms with Crippen molar-refractivity contribution in [2.24, 2.45) is 5.92 Å². The lowest BCUT2D eigenvalue weighted by molar-refractivity contribution is -0.136. The second-order valence-electron chi connectivity index (χ2n) is 3.98. The Bertz CT molecular complexity index is 169. The maximum atomic E-state index is 11.9. The van der Waals surface area contributed by atoms with Crippen molar-refractivity contribution in [3.8, 4) is 0 Å². The van der Waals surface area contributed by atoms with Gasteiger partial charge in [-0.25, -0.2) is 0 Å². The summed E-state index contributed by atoms with van der Waals surface area (Å²) in [6, 6.07) is 0. The van der Waals surface area contributed by atoms with Crippen molar-refractivity contribution in [1.82, 2.24) is 4.90 Å². The van der Waals surface area contributed by atoms with Gasteiger partial charge in [0.15, 0.2) is 0 Å². The molecule has 3 nitrogen and oxygen atoms in total. The number of hydrogen-bond acceptors (Lipinski definition) is 2. The van der Waals surface area contributed by atoms with E-state index >= 15 is 0 Å². The van der Waals surface area contributed by atoms with Gasteiger partial charge in [0.25, 0.3) is 0 Å². The molecule has 0 unspecified atom stereocenters. The Morgan fingerprint density at radius 2 is 2.00 bits per heavy atom. The second-order valence-corrected chi connectivity index (χ2v) is 3.98. The van der Waals surface area contributed by atoms with Gasteiger partial charge in [-0.05, 0) is 19.8 Å². The predicted molar refractivity (Wildman–Crippen MR) is 55.9 cm³/mol. The van der Waals surface area contributed by atoms with Crippen molar-refractivity contribution in [1.29, 1.82) is 0 Å². The fourth-order valence-electron chi connectivity index (χ4n) is 2.15. The smallest absolute Gasteiger partial charge is 0.225 e. The van der Waals surface area contributed by atoms with Crippen LogP contribution in [0.1, 0.15) is 39.0 Å². The average molecular weight is 199 g/mol. The number of amides is 1. The summed E-state index contributed by atoms with van der Waals surface area (Å²) >= 11 is 0. The molecule has 0 bridgehead atoms. The summed E-state index contributed by atoms with van der Waals surface area (Å²) in [6.45, 7) is 3.25. The molecule has 3 heteroatoms. The first-order valence-electron chi connectivity index (χ1n) is 5.69. The van der Waals surface area contributed by atoms with Gasteiger partial charge in [-0.15, -0.1) is 0 Å². The molecule has 1 amide bonds. The average Bonchev–Trinajstić information content (AvgIpc) is 2.26. The zero-order valence-corrected chi connectivity index (χ0v) is 9.04. The fraction of sp³-hybridized carbons (Fsp3) is 0.909. The van der Waals surface area contributed by atoms with E-state index in [4.69, 9.17) is 5.11 Å². The van der Waals surface area contributed by atoms with Crippen molar-refractivity contribution in [2.45, 2.75) is 39.0 Å². The van der Waals surface area contributed by atoms with Gasteiger partial charge in [0, 0.05) is 19.0 Å². The number of carbonyl (C=O) groups excluding carboxylic acids is 1. The third kappa shape index (κ3) is 2.98. The minimum atomic E-state index is 0.0757. The standard InChI is InChI=1S/C11H21NO2/c1-2-12(8-9-13)11(14)10-6-4-3-5-7-10/h10,13H,2-9H2,1H3. The zero-order chi connectivity index (χ0) is 10.4. The third-order valence-electron chi connectivity index (χ3n) is 3.02. The molecule has 1 fully saturated rings. The van der Waals surface area contributed by atoms with Crippen LogP contribution in [0.3, 0.4) is 0 Å². The van der Waals surface area contributed by atoms with Crippen LogP contribution in [0.2, 0.25) is 0 Å². The zero-order valence-electron chi connectivity index (χ0n) is 9.04. The maximum Gasteiger partial charge on any atom is 0.225 e. The largest absolute Gasteiger partial charge is 0.395 e. The summed E-state index contributed by atoms with van der Waals surface area (Å²) in [6.07, 6.45) is 5.73. The molecule has 1 N–H and O–H groups in total. The van der Waals surface area contributed by atoms with Crippen molar-refractivity contribution in [3.63, 3.8) is 0 Å². The molecule has 82 valence electrons. The quantitative estimate of drug-likeness (QED) is 0.743. The van der Waals surface area contributed by atoms with E-state index in [9.17, 15) is 4.79 Å². The Hall–Kier alpha value is -0.570. The molecule has 0 aromatic heterocycles. The number of hydrogen-bond donors (Lipinski definition) is 1. The Morgan fingerprint density at radius 3 is 2.50 bits per heavy atom. The van der Waals surface area contributed by atoms with E-state index in [0.717, 1.165) is 19.4 Å². The molecule has 0 aromatic rings. The van der Waals surface area contributed by atoms with Crippen molar-refractivity contribution < 1.29 is 9.90 Å². The van der Waals surface area contributed by atoms with Gasteiger partial charge in [-0.1, -0.05) is 19.3 Å². The van der Waals surface area contributed by atoms with Crippen LogP contribution in [0.4, 0.5) is 0 Å². The Labute approximate surface area is 86.1 Å². The molecule has 0 spiro atoms. The van der Waals surface area contributed by atoms with Crippen LogP contribution in [-0.2, 0) is 4.79 Å². The van der Waals surface area contributed by atoms with Gasteiger partial charge >= 0.3 is 0 Å². The number of nitrogens with zero attached hydrogens (tertiary/aromatic N) is 1. The minimum absolute atomic E-state index is 0.0757. The van der Waals surface area contributed by atoms with Gasteiger partial charge in [0.1, 0.15) is 0 Å². The molecule has 0 radical (unpaired) electrons. The summed E-state index contributed by atoms with van der Waals surface area (Å²) in [4.78, 5) is 13.7. The first-order chi connectivity index (χ1) is 6.79. The van der Waals surface area contributed by atoms with Gasteiger partial charge in [0.05, 0.1) is 6.61 Å². The molecule has 0 atom stereocenters. The topological polar surface area (TPSA) is 40.5 Å². The van der Waals surface area contributed by atoms with Crippen LogP contribution in [0, 0.1) is 5.92 Å². The normalized spacial score (nSPS) is 18.1. The highest BCUT2D eigenvalue weighted by atomic mass is 16.3. The molecule has 1 saturated carbocycles. The molecule has 0 saturated heterocycles. The number of carbonyl (C=O) groups is 1. The van der Waals surface area contributed by atoms with Crippen LogP contribution >= 0.6 is 0 Å². The molecule has 1 rings (SSSR count). The second kappa shape index (κ2) is 6.02. The first kappa shape index (κ1) is 11.5. The molecular formula is C11H21NO2. The van der Waals surface area contributed by atoms with E-state index in [0.29, 0.717) is 6.54 Å². The van der Waals surface area contributed by atoms with Gasteiger partial charge in [-0.2, -0.15) is 0 Å². The minimum Gasteiger partial charge on any atom is -0.395 e. The summed E-state index contributed by atoms with van der Waals surface area (Å²) in [5, 5.41) is 8.82. The van der Waals surface area contributed by atoms with Crippen molar-refractivity contribution >= 4 is 5.91 Å². The molecule has 0 aromatic carbocycles. The van der Waals surface area contributed by atoms with Crippen LogP contribution in [0.5, 0.6) is 0 Å². The first-order valence-corrected chi connectivity index (χ1v) is 5.69. The van der Waals surface area contributed by atoms with E-state index in [1.54, 1.807) is 4.90 Å². The van der Waals surface area contributed by atoms with Crippen LogP contribution in [0.25, 0.3) is 0 Å². The fourth-order valence-corrected chi connectivity index (χ4v) is 2.15. The maximum absolute atomic E-state index is 11.9. The molecular weight excluding hydrogens is 178 g/mol. The monoisotopic (exact) mass is 199 g/mol. The van der Waals surface area contributed by atoms with E-state index in [1.807, 2.05) is 6.92 Å². The van der Waals surface area contributed by atoms with Gasteiger partial charge < -0.3 is 10.0 Å². The molecule has 1 aliphatic carbocycles. The summed E-state index contributed by atoms with van der Waals surface area (Å²) in [5.74, 6) is 0.483. The number of likely N-dealkylation sites (N-methyl/N-ethyl adjacent to an activating group) is 1. The number of rotatable bonds is 4. The Balaban J connectivity index is 2.43. The van der Waals surface area contributed by atoms with Crippen LogP contribution < -0.4 is 0 Å². The van der Waals surface area contributed by atoms with Crippen LogP contribution in [0.15, 0.2) is 0 Å². The molecule has 1 aliphatic rings. The van der Waals surface area contributed by atoms with Crippen molar-refractivity contribution in [2.75, 3.05) is 19.7 Å². The number of aliphatic hydroxyl groups excluding tert-OH is 1. The summed E-state index contributed by atoms with van der Waals surface area (Å²) < 4.78 is 0. The Morgan fingerprint density at radius 1 is 1.36 bits per heavy atom. The summed E-state index contributed by atoms with van der Waals surface area (Å²) in [7, 11) is 0. The van der Waals surface area contributed by atoms with Crippen LogP contribution in [-0.4, -0.2) is 35.6 Å². The Kier molecular flexibility index (Phi) is 4.94. The SMILES string of the molecule is CCN(CCO)C(=O)C1CCCCC1. The van der Waals surface area contributed by atoms with E-state index < -0.39 is 0 Å². The highest BCUT2D eigenvalue weighted by Crippen LogP contribution is 2.25. The highest BCUT2D eigenvalue weighted by Gasteiger charge is 2.24. The van der Waals surface area contributed by atoms with E-state index in [-0.39, 0.29) is 18.4 Å². The molecule has 14 heavy (non-hydrogen) atoms. The predicted octanol–water partition coefficient (Wildman–Crippen LogP) is 1.41. The number of aliphatic hydroxyl groups is 1. The van der Waals surface area contributed by atoms with Crippen molar-refractivity contribution in [3.05, 3.63) is 0 Å². The summed E-state index contributed by atoms with van der Waals surface area (Å²) in [5.41, 5.74) is 0.